The Labute approximate surface area is 142 Å². The third-order valence-corrected chi connectivity index (χ3v) is 5.39. The van der Waals surface area contributed by atoms with Crippen molar-refractivity contribution in [2.24, 2.45) is 5.92 Å². The molecular weight excluding hydrogens is 306 g/mol. The number of rotatable bonds is 6. The van der Waals surface area contributed by atoms with E-state index in [2.05, 4.69) is 45.4 Å². The van der Waals surface area contributed by atoms with Gasteiger partial charge in [-0.15, -0.1) is 0 Å². The van der Waals surface area contributed by atoms with Crippen LogP contribution in [0.2, 0.25) is 0 Å². The van der Waals surface area contributed by atoms with Crippen molar-refractivity contribution in [1.82, 2.24) is 9.36 Å². The van der Waals surface area contributed by atoms with E-state index in [0.29, 0.717) is 6.61 Å². The molecule has 23 heavy (non-hydrogen) atoms. The monoisotopic (exact) mass is 331 g/mol. The first-order valence-corrected chi connectivity index (χ1v) is 9.14. The Morgan fingerprint density at radius 2 is 1.96 bits per heavy atom. The Morgan fingerprint density at radius 1 is 1.22 bits per heavy atom. The highest BCUT2D eigenvalue weighted by Crippen LogP contribution is 2.27. The summed E-state index contributed by atoms with van der Waals surface area (Å²) in [6.07, 6.45) is 5.00. The molecule has 124 valence electrons. The number of aryl methyl sites for hydroxylation is 2. The smallest absolute Gasteiger partial charge is 0.205 e. The standard InChI is InChI=1S/C18H25N3OS/c1-14-3-5-15(6-4-14)7-8-16-9-11-21(12-10-16)18-19-17(13-22-2)20-23-18/h3-6,16H,7-13H2,1-2H3. The molecule has 0 unspecified atom stereocenters. The Kier molecular flexibility index (Phi) is 5.62. The van der Waals surface area contributed by atoms with Crippen LogP contribution in [0.5, 0.6) is 0 Å². The number of methoxy groups -OCH3 is 1. The van der Waals surface area contributed by atoms with Crippen LogP contribution in [0.25, 0.3) is 0 Å². The van der Waals surface area contributed by atoms with Gasteiger partial charge in [-0.25, -0.2) is 4.98 Å². The summed E-state index contributed by atoms with van der Waals surface area (Å²) in [6, 6.07) is 8.96. The first-order chi connectivity index (χ1) is 11.2. The number of hydrogen-bond acceptors (Lipinski definition) is 5. The largest absolute Gasteiger partial charge is 0.377 e. The maximum absolute atomic E-state index is 5.09. The molecule has 1 aromatic heterocycles. The molecule has 0 aliphatic carbocycles. The van der Waals surface area contributed by atoms with E-state index in [9.17, 15) is 0 Å². The van der Waals surface area contributed by atoms with Crippen molar-refractivity contribution in [3.8, 4) is 0 Å². The SMILES string of the molecule is COCc1nsc(N2CCC(CCc3ccc(C)cc3)CC2)n1. The Bertz CT molecular complexity index is 603. The van der Waals surface area contributed by atoms with Crippen molar-refractivity contribution in [3.05, 3.63) is 41.2 Å². The van der Waals surface area contributed by atoms with Crippen LogP contribution in [0, 0.1) is 12.8 Å². The Morgan fingerprint density at radius 3 is 2.65 bits per heavy atom. The molecule has 2 heterocycles. The molecule has 0 saturated carbocycles. The third kappa shape index (κ3) is 4.52. The maximum atomic E-state index is 5.09. The van der Waals surface area contributed by atoms with Crippen molar-refractivity contribution in [2.45, 2.75) is 39.2 Å². The van der Waals surface area contributed by atoms with Gasteiger partial charge in [-0.2, -0.15) is 4.37 Å². The van der Waals surface area contributed by atoms with Gasteiger partial charge in [0.15, 0.2) is 5.82 Å². The van der Waals surface area contributed by atoms with Crippen molar-refractivity contribution in [3.63, 3.8) is 0 Å². The molecule has 0 atom stereocenters. The molecule has 0 N–H and O–H groups in total. The van der Waals surface area contributed by atoms with Crippen molar-refractivity contribution in [1.29, 1.82) is 0 Å². The molecule has 1 saturated heterocycles. The van der Waals surface area contributed by atoms with Crippen molar-refractivity contribution < 1.29 is 4.74 Å². The zero-order chi connectivity index (χ0) is 16.1. The topological polar surface area (TPSA) is 38.2 Å². The number of aromatic nitrogens is 2. The van der Waals surface area contributed by atoms with Crippen LogP contribution in [0.3, 0.4) is 0 Å². The summed E-state index contributed by atoms with van der Waals surface area (Å²) < 4.78 is 9.44. The predicted molar refractivity (Wildman–Crippen MR) is 95.1 cm³/mol. The Hall–Kier alpha value is -1.46. The van der Waals surface area contributed by atoms with E-state index in [0.717, 1.165) is 30.0 Å². The van der Waals surface area contributed by atoms with Crippen LogP contribution in [-0.4, -0.2) is 29.6 Å². The van der Waals surface area contributed by atoms with Crippen LogP contribution >= 0.6 is 11.5 Å². The van der Waals surface area contributed by atoms with Crippen LogP contribution in [0.1, 0.15) is 36.2 Å². The van der Waals surface area contributed by atoms with E-state index in [-0.39, 0.29) is 0 Å². The lowest BCUT2D eigenvalue weighted by Gasteiger charge is -2.31. The van der Waals surface area contributed by atoms with Crippen LogP contribution in [-0.2, 0) is 17.8 Å². The van der Waals surface area contributed by atoms with E-state index in [1.807, 2.05) is 0 Å². The van der Waals surface area contributed by atoms with Crippen LogP contribution in [0.15, 0.2) is 24.3 Å². The number of benzene rings is 1. The van der Waals surface area contributed by atoms with Gasteiger partial charge in [0, 0.05) is 31.7 Å². The van der Waals surface area contributed by atoms with Gasteiger partial charge in [0.2, 0.25) is 5.13 Å². The van der Waals surface area contributed by atoms with Crippen LogP contribution < -0.4 is 4.90 Å². The summed E-state index contributed by atoms with van der Waals surface area (Å²) in [6.45, 7) is 4.84. The number of anilines is 1. The second-order valence-electron chi connectivity index (χ2n) is 6.38. The fraction of sp³-hybridized carbons (Fsp3) is 0.556. The van der Waals surface area contributed by atoms with Gasteiger partial charge >= 0.3 is 0 Å². The summed E-state index contributed by atoms with van der Waals surface area (Å²) in [7, 11) is 1.68. The first kappa shape index (κ1) is 16.4. The van der Waals surface area contributed by atoms with Crippen molar-refractivity contribution in [2.75, 3.05) is 25.1 Å². The molecule has 0 amide bonds. The summed E-state index contributed by atoms with van der Waals surface area (Å²) in [5.74, 6) is 1.63. The van der Waals surface area contributed by atoms with Gasteiger partial charge in [0.25, 0.3) is 0 Å². The minimum Gasteiger partial charge on any atom is -0.377 e. The van der Waals surface area contributed by atoms with E-state index in [1.165, 1.54) is 48.3 Å². The molecule has 3 rings (SSSR count). The summed E-state index contributed by atoms with van der Waals surface area (Å²) in [4.78, 5) is 6.93. The van der Waals surface area contributed by atoms with Gasteiger partial charge in [-0.3, -0.25) is 0 Å². The molecule has 1 aliphatic heterocycles. The van der Waals surface area contributed by atoms with E-state index < -0.39 is 0 Å². The average molecular weight is 331 g/mol. The molecular formula is C18H25N3OS. The average Bonchev–Trinajstić information content (AvgIpc) is 3.04. The van der Waals surface area contributed by atoms with Gasteiger partial charge in [0.05, 0.1) is 0 Å². The number of ether oxygens (including phenoxy) is 1. The van der Waals surface area contributed by atoms with Gasteiger partial charge in [0.1, 0.15) is 6.61 Å². The Balaban J connectivity index is 1.45. The molecule has 0 spiro atoms. The third-order valence-electron chi connectivity index (χ3n) is 4.58. The first-order valence-electron chi connectivity index (χ1n) is 8.36. The highest BCUT2D eigenvalue weighted by atomic mass is 32.1. The molecule has 1 aliphatic rings. The fourth-order valence-electron chi connectivity index (χ4n) is 3.10. The highest BCUT2D eigenvalue weighted by Gasteiger charge is 2.21. The normalized spacial score (nSPS) is 16.0. The second kappa shape index (κ2) is 7.88. The minimum atomic E-state index is 0.503. The molecule has 4 nitrogen and oxygen atoms in total. The van der Waals surface area contributed by atoms with Crippen LogP contribution in [0.4, 0.5) is 5.13 Å². The molecule has 0 bridgehead atoms. The quantitative estimate of drug-likeness (QED) is 0.806. The summed E-state index contributed by atoms with van der Waals surface area (Å²) >= 11 is 1.49. The molecule has 5 heteroatoms. The van der Waals surface area contributed by atoms with Crippen molar-refractivity contribution >= 4 is 16.7 Å². The fourth-order valence-corrected chi connectivity index (χ4v) is 3.82. The summed E-state index contributed by atoms with van der Waals surface area (Å²) in [5.41, 5.74) is 2.80. The lowest BCUT2D eigenvalue weighted by molar-refractivity contribution is 0.179. The molecule has 1 aromatic carbocycles. The minimum absolute atomic E-state index is 0.503. The predicted octanol–water partition coefficient (Wildman–Crippen LogP) is 3.84. The molecule has 2 aromatic rings. The zero-order valence-corrected chi connectivity index (χ0v) is 14.8. The van der Waals surface area contributed by atoms with Gasteiger partial charge < -0.3 is 9.64 Å². The molecule has 0 radical (unpaired) electrons. The zero-order valence-electron chi connectivity index (χ0n) is 14.0. The maximum Gasteiger partial charge on any atom is 0.205 e. The summed E-state index contributed by atoms with van der Waals surface area (Å²) in [5, 5.41) is 1.05. The number of nitrogens with zero attached hydrogens (tertiary/aromatic N) is 3. The van der Waals surface area contributed by atoms with E-state index >= 15 is 0 Å². The van der Waals surface area contributed by atoms with Gasteiger partial charge in [-0.1, -0.05) is 29.8 Å². The number of hydrogen-bond donors (Lipinski definition) is 0. The van der Waals surface area contributed by atoms with Gasteiger partial charge in [-0.05, 0) is 44.1 Å². The van der Waals surface area contributed by atoms with E-state index in [1.54, 1.807) is 7.11 Å². The molecule has 1 fully saturated rings. The highest BCUT2D eigenvalue weighted by molar-refractivity contribution is 7.09. The second-order valence-corrected chi connectivity index (χ2v) is 7.11. The lowest BCUT2D eigenvalue weighted by Crippen LogP contribution is -2.33. The van der Waals surface area contributed by atoms with E-state index in [4.69, 9.17) is 4.74 Å². The number of piperidine rings is 1. The lowest BCUT2D eigenvalue weighted by atomic mass is 9.90.